The van der Waals surface area contributed by atoms with Crippen LogP contribution in [0.1, 0.15) is 16.1 Å². The molecule has 4 heteroatoms. The van der Waals surface area contributed by atoms with Crippen molar-refractivity contribution in [1.82, 2.24) is 9.61 Å². The van der Waals surface area contributed by atoms with E-state index in [1.807, 2.05) is 91.1 Å². The van der Waals surface area contributed by atoms with Crippen LogP contribution in [0, 0.1) is 0 Å². The Bertz CT molecular complexity index is 960. The number of fused-ring (bicyclic) bond motifs is 1. The number of benzene rings is 2. The van der Waals surface area contributed by atoms with Gasteiger partial charge in [0.15, 0.2) is 5.69 Å². The predicted molar refractivity (Wildman–Crippen MR) is 98.6 cm³/mol. The Labute approximate surface area is 146 Å². The average molecular weight is 327 g/mol. The first-order valence-corrected chi connectivity index (χ1v) is 8.16. The molecule has 0 radical (unpaired) electrons. The summed E-state index contributed by atoms with van der Waals surface area (Å²) in [7, 11) is 0. The molecule has 0 bridgehead atoms. The fraction of sp³-hybridized carbons (Fsp3) is 0.0476. The van der Waals surface area contributed by atoms with Crippen LogP contribution < -0.4 is 4.90 Å². The predicted octanol–water partition coefficient (Wildman–Crippen LogP) is 4.18. The maximum absolute atomic E-state index is 13.2. The number of carbonyl (C=O) groups is 1. The summed E-state index contributed by atoms with van der Waals surface area (Å²) in [5.41, 5.74) is 3.27. The highest BCUT2D eigenvalue weighted by molar-refractivity contribution is 6.05. The highest BCUT2D eigenvalue weighted by Gasteiger charge is 2.20. The summed E-state index contributed by atoms with van der Waals surface area (Å²) in [6, 6.07) is 27.3. The van der Waals surface area contributed by atoms with Crippen LogP contribution in [0.15, 0.2) is 91.1 Å². The molecule has 0 fully saturated rings. The van der Waals surface area contributed by atoms with Crippen molar-refractivity contribution in [3.05, 3.63) is 102 Å². The van der Waals surface area contributed by atoms with Gasteiger partial charge >= 0.3 is 0 Å². The smallest absolute Gasteiger partial charge is 0.279 e. The Balaban J connectivity index is 1.72. The number of nitrogens with zero attached hydrogens (tertiary/aromatic N) is 3. The van der Waals surface area contributed by atoms with Gasteiger partial charge in [-0.05, 0) is 35.9 Å². The van der Waals surface area contributed by atoms with Crippen molar-refractivity contribution in [3.63, 3.8) is 0 Å². The van der Waals surface area contributed by atoms with Gasteiger partial charge in [0, 0.05) is 11.9 Å². The molecule has 4 rings (SSSR count). The van der Waals surface area contributed by atoms with E-state index < -0.39 is 0 Å². The molecule has 0 aliphatic heterocycles. The minimum Gasteiger partial charge on any atom is -0.303 e. The Morgan fingerprint density at radius 2 is 1.56 bits per heavy atom. The number of hydrogen-bond donors (Lipinski definition) is 0. The molecule has 0 N–H and O–H groups in total. The van der Waals surface area contributed by atoms with E-state index in [4.69, 9.17) is 0 Å². The van der Waals surface area contributed by atoms with Gasteiger partial charge in [-0.25, -0.2) is 4.52 Å². The monoisotopic (exact) mass is 327 g/mol. The second-order valence-electron chi connectivity index (χ2n) is 5.81. The molecule has 2 aromatic heterocycles. The van der Waals surface area contributed by atoms with Gasteiger partial charge in [-0.15, -0.1) is 0 Å². The summed E-state index contributed by atoms with van der Waals surface area (Å²) in [4.78, 5) is 14.9. The molecule has 0 unspecified atom stereocenters. The van der Waals surface area contributed by atoms with Gasteiger partial charge in [0.2, 0.25) is 0 Å². The van der Waals surface area contributed by atoms with Crippen molar-refractivity contribution in [2.75, 3.05) is 4.90 Å². The van der Waals surface area contributed by atoms with Crippen LogP contribution in [0.25, 0.3) is 5.52 Å². The highest BCUT2D eigenvalue weighted by atomic mass is 16.2. The topological polar surface area (TPSA) is 37.6 Å². The molecule has 0 spiro atoms. The van der Waals surface area contributed by atoms with Crippen molar-refractivity contribution in [2.24, 2.45) is 0 Å². The molecule has 1 amide bonds. The summed E-state index contributed by atoms with van der Waals surface area (Å²) in [6.45, 7) is 0.498. The number of anilines is 1. The lowest BCUT2D eigenvalue weighted by atomic mass is 10.2. The lowest BCUT2D eigenvalue weighted by Crippen LogP contribution is -2.30. The number of pyridine rings is 1. The van der Waals surface area contributed by atoms with Crippen LogP contribution >= 0.6 is 0 Å². The second-order valence-corrected chi connectivity index (χ2v) is 5.81. The normalized spacial score (nSPS) is 10.7. The third-order valence-electron chi connectivity index (χ3n) is 4.09. The maximum Gasteiger partial charge on any atom is 0.279 e. The van der Waals surface area contributed by atoms with E-state index in [2.05, 4.69) is 5.10 Å². The Kier molecular flexibility index (Phi) is 4.01. The minimum absolute atomic E-state index is 0.112. The van der Waals surface area contributed by atoms with Crippen LogP contribution in [-0.2, 0) is 6.54 Å². The van der Waals surface area contributed by atoms with Crippen molar-refractivity contribution < 1.29 is 4.79 Å². The Hall–Kier alpha value is -3.40. The number of para-hydroxylation sites is 1. The summed E-state index contributed by atoms with van der Waals surface area (Å²) in [6.07, 6.45) is 1.84. The second kappa shape index (κ2) is 6.61. The van der Waals surface area contributed by atoms with Gasteiger partial charge in [0.1, 0.15) is 0 Å². The Morgan fingerprint density at radius 1 is 0.880 bits per heavy atom. The summed E-state index contributed by atoms with van der Waals surface area (Å²) < 4.78 is 1.72. The van der Waals surface area contributed by atoms with E-state index in [9.17, 15) is 4.79 Å². The van der Waals surface area contributed by atoms with E-state index >= 15 is 0 Å². The van der Waals surface area contributed by atoms with Gasteiger partial charge in [-0.2, -0.15) is 5.10 Å². The molecule has 0 atom stereocenters. The lowest BCUT2D eigenvalue weighted by molar-refractivity contribution is 0.0980. The molecule has 0 saturated heterocycles. The van der Waals surface area contributed by atoms with Gasteiger partial charge in [0.05, 0.1) is 12.1 Å². The fourth-order valence-corrected chi connectivity index (χ4v) is 2.84. The number of amides is 1. The molecule has 4 aromatic rings. The van der Waals surface area contributed by atoms with Crippen LogP contribution in [0.2, 0.25) is 0 Å². The van der Waals surface area contributed by atoms with E-state index in [0.29, 0.717) is 12.2 Å². The SMILES string of the molecule is O=C(c1cc2ccccn2n1)N(Cc1ccccc1)c1ccccc1. The highest BCUT2D eigenvalue weighted by Crippen LogP contribution is 2.20. The molecule has 4 nitrogen and oxygen atoms in total. The van der Waals surface area contributed by atoms with E-state index in [-0.39, 0.29) is 5.91 Å². The fourth-order valence-electron chi connectivity index (χ4n) is 2.84. The van der Waals surface area contributed by atoms with Crippen molar-refractivity contribution in [3.8, 4) is 0 Å². The molecule has 0 aliphatic rings. The van der Waals surface area contributed by atoms with Gasteiger partial charge in [-0.3, -0.25) is 4.79 Å². The van der Waals surface area contributed by atoms with Crippen LogP contribution in [0.4, 0.5) is 5.69 Å². The van der Waals surface area contributed by atoms with E-state index in [1.165, 1.54) is 0 Å². The van der Waals surface area contributed by atoms with Crippen molar-refractivity contribution in [1.29, 1.82) is 0 Å². The zero-order chi connectivity index (χ0) is 17.1. The number of aromatic nitrogens is 2. The van der Waals surface area contributed by atoms with Crippen LogP contribution in [0.3, 0.4) is 0 Å². The zero-order valence-corrected chi connectivity index (χ0v) is 13.6. The molecule has 0 aliphatic carbocycles. The van der Waals surface area contributed by atoms with Gasteiger partial charge < -0.3 is 4.90 Å². The molecule has 0 saturated carbocycles. The van der Waals surface area contributed by atoms with Crippen molar-refractivity contribution in [2.45, 2.75) is 6.54 Å². The number of hydrogen-bond acceptors (Lipinski definition) is 2. The largest absolute Gasteiger partial charge is 0.303 e. The molecule has 2 heterocycles. The van der Waals surface area contributed by atoms with E-state index in [0.717, 1.165) is 16.8 Å². The first-order valence-electron chi connectivity index (χ1n) is 8.16. The van der Waals surface area contributed by atoms with Crippen molar-refractivity contribution >= 4 is 17.1 Å². The average Bonchev–Trinajstić information content (AvgIpc) is 3.11. The zero-order valence-electron chi connectivity index (χ0n) is 13.6. The lowest BCUT2D eigenvalue weighted by Gasteiger charge is -2.22. The maximum atomic E-state index is 13.2. The third-order valence-corrected chi connectivity index (χ3v) is 4.09. The molecular formula is C21H17N3O. The summed E-state index contributed by atoms with van der Waals surface area (Å²) in [5.74, 6) is -0.112. The molecule has 25 heavy (non-hydrogen) atoms. The quantitative estimate of drug-likeness (QED) is 0.564. The first-order chi connectivity index (χ1) is 12.3. The standard InChI is InChI=1S/C21H17N3O/c25-21(20-15-19-13-7-8-14-24(19)22-20)23(18-11-5-2-6-12-18)16-17-9-3-1-4-10-17/h1-15H,16H2. The molecular weight excluding hydrogens is 310 g/mol. The number of carbonyl (C=O) groups excluding carboxylic acids is 1. The molecule has 122 valence electrons. The van der Waals surface area contributed by atoms with Gasteiger partial charge in [-0.1, -0.05) is 54.6 Å². The van der Waals surface area contributed by atoms with Gasteiger partial charge in [0.25, 0.3) is 5.91 Å². The van der Waals surface area contributed by atoms with Crippen LogP contribution in [-0.4, -0.2) is 15.5 Å². The molecule has 2 aromatic carbocycles. The Morgan fingerprint density at radius 3 is 2.28 bits per heavy atom. The van der Waals surface area contributed by atoms with E-state index in [1.54, 1.807) is 9.42 Å². The first kappa shape index (κ1) is 15.1. The minimum atomic E-state index is -0.112. The third kappa shape index (κ3) is 3.15. The summed E-state index contributed by atoms with van der Waals surface area (Å²) in [5, 5.41) is 4.43. The summed E-state index contributed by atoms with van der Waals surface area (Å²) >= 11 is 0. The van der Waals surface area contributed by atoms with Crippen LogP contribution in [0.5, 0.6) is 0 Å². The number of rotatable bonds is 4.